The van der Waals surface area contributed by atoms with Crippen LogP contribution >= 0.6 is 0 Å². The summed E-state index contributed by atoms with van der Waals surface area (Å²) < 4.78 is 5.32. The fourth-order valence-electron chi connectivity index (χ4n) is 3.38. The summed E-state index contributed by atoms with van der Waals surface area (Å²) in [5, 5.41) is 23.6. The van der Waals surface area contributed by atoms with Gasteiger partial charge in [-0.1, -0.05) is 42.2 Å². The van der Waals surface area contributed by atoms with Crippen molar-refractivity contribution in [3.63, 3.8) is 0 Å². The van der Waals surface area contributed by atoms with Gasteiger partial charge in [0.1, 0.15) is 17.4 Å². The maximum Gasteiger partial charge on any atom is 0.328 e. The van der Waals surface area contributed by atoms with Crippen LogP contribution in [0, 0.1) is 22.0 Å². The molecule has 0 aliphatic heterocycles. The molecule has 8 nitrogen and oxygen atoms in total. The average molecular weight is 487 g/mol. The number of esters is 1. The maximum atomic E-state index is 13.0. The Morgan fingerprint density at radius 2 is 1.72 bits per heavy atom. The van der Waals surface area contributed by atoms with Crippen LogP contribution in [0.5, 0.6) is 5.75 Å². The third-order valence-corrected chi connectivity index (χ3v) is 5.17. The van der Waals surface area contributed by atoms with Gasteiger partial charge in [0.05, 0.1) is 11.0 Å². The molecule has 0 spiro atoms. The Kier molecular flexibility index (Phi) is 8.79. The lowest BCUT2D eigenvalue weighted by atomic mass is 10.0. The molecule has 184 valence electrons. The van der Waals surface area contributed by atoms with Gasteiger partial charge < -0.3 is 15.2 Å². The van der Waals surface area contributed by atoms with E-state index >= 15 is 0 Å². The lowest BCUT2D eigenvalue weighted by Gasteiger charge is -2.19. The molecule has 2 N–H and O–H groups in total. The van der Waals surface area contributed by atoms with Crippen LogP contribution in [0.15, 0.2) is 72.8 Å². The van der Waals surface area contributed by atoms with Crippen molar-refractivity contribution in [2.45, 2.75) is 38.8 Å². The highest BCUT2D eigenvalue weighted by Gasteiger charge is 2.25. The number of nitrogens with one attached hydrogen (secondary N) is 1. The second kappa shape index (κ2) is 12.2. The van der Waals surface area contributed by atoms with Crippen LogP contribution in [-0.2, 0) is 16.0 Å². The Morgan fingerprint density at radius 3 is 2.36 bits per heavy atom. The van der Waals surface area contributed by atoms with E-state index in [0.717, 1.165) is 5.56 Å². The number of nitro groups is 1. The lowest BCUT2D eigenvalue weighted by molar-refractivity contribution is -0.385. The smallest absolute Gasteiger partial charge is 0.328 e. The van der Waals surface area contributed by atoms with Crippen LogP contribution in [0.3, 0.4) is 0 Å². The highest BCUT2D eigenvalue weighted by molar-refractivity contribution is 5.97. The van der Waals surface area contributed by atoms with Crippen LogP contribution in [0.1, 0.15) is 47.3 Å². The van der Waals surface area contributed by atoms with Crippen LogP contribution in [0.2, 0.25) is 0 Å². The summed E-state index contributed by atoms with van der Waals surface area (Å²) in [5.41, 5.74) is 1.47. The predicted molar refractivity (Wildman–Crippen MR) is 134 cm³/mol. The van der Waals surface area contributed by atoms with E-state index in [0.29, 0.717) is 18.4 Å². The zero-order valence-corrected chi connectivity index (χ0v) is 19.9. The molecule has 0 heterocycles. The van der Waals surface area contributed by atoms with Gasteiger partial charge in [0.15, 0.2) is 0 Å². The molecule has 0 bridgehead atoms. The molecule has 1 amide bonds. The van der Waals surface area contributed by atoms with E-state index in [1.807, 2.05) is 30.3 Å². The Labute approximate surface area is 209 Å². The number of rotatable bonds is 8. The molecule has 3 aromatic carbocycles. The molecule has 3 rings (SSSR count). The first-order chi connectivity index (χ1) is 17.2. The number of amides is 1. The van der Waals surface area contributed by atoms with E-state index in [1.165, 1.54) is 30.3 Å². The van der Waals surface area contributed by atoms with Gasteiger partial charge in [0, 0.05) is 17.2 Å². The van der Waals surface area contributed by atoms with Gasteiger partial charge >= 0.3 is 5.97 Å². The van der Waals surface area contributed by atoms with E-state index in [4.69, 9.17) is 4.74 Å². The number of nitro benzene ring substituents is 1. The molecular weight excluding hydrogens is 460 g/mol. The van der Waals surface area contributed by atoms with Crippen molar-refractivity contribution in [2.24, 2.45) is 0 Å². The van der Waals surface area contributed by atoms with E-state index in [-0.39, 0.29) is 28.7 Å². The SMILES string of the molecule is CC(C)OC(=O)[C@H](CCc1ccccc1)NC(=O)c1ccc([N+](=O)[O-])c(C#Cc2ccc(O)cc2)c1. The minimum Gasteiger partial charge on any atom is -0.508 e. The van der Waals surface area contributed by atoms with E-state index in [9.17, 15) is 24.8 Å². The number of benzene rings is 3. The van der Waals surface area contributed by atoms with Gasteiger partial charge in [0.25, 0.3) is 11.6 Å². The summed E-state index contributed by atoms with van der Waals surface area (Å²) in [7, 11) is 0. The van der Waals surface area contributed by atoms with E-state index in [1.54, 1.807) is 26.0 Å². The molecule has 8 heteroatoms. The largest absolute Gasteiger partial charge is 0.508 e. The number of hydrogen-bond acceptors (Lipinski definition) is 6. The zero-order valence-electron chi connectivity index (χ0n) is 19.9. The zero-order chi connectivity index (χ0) is 26.1. The molecule has 36 heavy (non-hydrogen) atoms. The number of carbonyl (C=O) groups excluding carboxylic acids is 2. The molecule has 0 radical (unpaired) electrons. The van der Waals surface area contributed by atoms with Crippen molar-refractivity contribution in [3.05, 3.63) is 105 Å². The number of carbonyl (C=O) groups is 2. The number of phenols is 1. The van der Waals surface area contributed by atoms with Gasteiger partial charge in [-0.3, -0.25) is 14.9 Å². The highest BCUT2D eigenvalue weighted by atomic mass is 16.6. The summed E-state index contributed by atoms with van der Waals surface area (Å²) in [4.78, 5) is 36.6. The van der Waals surface area contributed by atoms with Crippen molar-refractivity contribution in [3.8, 4) is 17.6 Å². The van der Waals surface area contributed by atoms with Crippen LogP contribution in [-0.4, -0.2) is 34.1 Å². The van der Waals surface area contributed by atoms with Crippen LogP contribution in [0.4, 0.5) is 5.69 Å². The second-order valence-electron chi connectivity index (χ2n) is 8.32. The molecule has 0 aliphatic carbocycles. The summed E-state index contributed by atoms with van der Waals surface area (Å²) in [5.74, 6) is 4.47. The van der Waals surface area contributed by atoms with Crippen LogP contribution in [0.25, 0.3) is 0 Å². The maximum absolute atomic E-state index is 13.0. The molecular formula is C28H26N2O6. The highest BCUT2D eigenvalue weighted by Crippen LogP contribution is 2.20. The normalized spacial score (nSPS) is 11.2. The minimum absolute atomic E-state index is 0.0475. The summed E-state index contributed by atoms with van der Waals surface area (Å²) in [6.07, 6.45) is 0.513. The van der Waals surface area contributed by atoms with Crippen LogP contribution < -0.4 is 5.32 Å². The molecule has 0 aliphatic rings. The van der Waals surface area contributed by atoms with Crippen molar-refractivity contribution in [1.82, 2.24) is 5.32 Å². The topological polar surface area (TPSA) is 119 Å². The predicted octanol–water partition coefficient (Wildman–Crippen LogP) is 4.38. The third-order valence-electron chi connectivity index (χ3n) is 5.17. The summed E-state index contributed by atoms with van der Waals surface area (Å²) in [6, 6.07) is 18.6. The molecule has 0 saturated heterocycles. The number of hydrogen-bond donors (Lipinski definition) is 2. The lowest BCUT2D eigenvalue weighted by Crippen LogP contribution is -2.43. The van der Waals surface area contributed by atoms with Gasteiger partial charge in [-0.25, -0.2) is 4.79 Å². The number of aryl methyl sites for hydroxylation is 1. The molecule has 0 fully saturated rings. The minimum atomic E-state index is -0.901. The average Bonchev–Trinajstić information content (AvgIpc) is 2.86. The fraction of sp³-hybridized carbons (Fsp3) is 0.214. The molecule has 3 aromatic rings. The van der Waals surface area contributed by atoms with Gasteiger partial charge in [-0.2, -0.15) is 0 Å². The molecule has 0 unspecified atom stereocenters. The first-order valence-corrected chi connectivity index (χ1v) is 11.4. The number of phenolic OH excluding ortho intramolecular Hbond substituents is 1. The Balaban J connectivity index is 1.84. The molecule has 1 atom stereocenters. The number of ether oxygens (including phenoxy) is 1. The fourth-order valence-corrected chi connectivity index (χ4v) is 3.38. The Bertz CT molecular complexity index is 1290. The summed E-state index contributed by atoms with van der Waals surface area (Å²) >= 11 is 0. The Hall–Kier alpha value is -4.64. The standard InChI is InChI=1S/C28H26N2O6/c1-19(2)36-28(33)25(16-11-20-6-4-3-5-7-20)29-27(32)23-13-17-26(30(34)35)22(18-23)12-8-21-9-14-24(31)15-10-21/h3-7,9-10,13-15,17-19,25,31H,11,16H2,1-2H3,(H,29,32)/t25-/m0/s1. The third kappa shape index (κ3) is 7.43. The quantitative estimate of drug-likeness (QED) is 0.211. The number of nitrogens with zero attached hydrogens (tertiary/aromatic N) is 1. The van der Waals surface area contributed by atoms with Crippen molar-refractivity contribution in [1.29, 1.82) is 0 Å². The van der Waals surface area contributed by atoms with E-state index < -0.39 is 22.8 Å². The van der Waals surface area contributed by atoms with Crippen molar-refractivity contribution in [2.75, 3.05) is 0 Å². The molecule has 0 saturated carbocycles. The monoisotopic (exact) mass is 486 g/mol. The van der Waals surface area contributed by atoms with E-state index in [2.05, 4.69) is 17.2 Å². The Morgan fingerprint density at radius 1 is 1.03 bits per heavy atom. The van der Waals surface area contributed by atoms with Crippen molar-refractivity contribution >= 4 is 17.6 Å². The van der Waals surface area contributed by atoms with Gasteiger partial charge in [0.2, 0.25) is 0 Å². The van der Waals surface area contributed by atoms with Crippen molar-refractivity contribution < 1.29 is 24.4 Å². The van der Waals surface area contributed by atoms with Gasteiger partial charge in [-0.05, 0) is 68.7 Å². The number of aromatic hydroxyl groups is 1. The van der Waals surface area contributed by atoms with Gasteiger partial charge in [-0.15, -0.1) is 0 Å². The summed E-state index contributed by atoms with van der Waals surface area (Å²) in [6.45, 7) is 3.45. The second-order valence-corrected chi connectivity index (χ2v) is 8.32. The first kappa shape index (κ1) is 26.0. The first-order valence-electron chi connectivity index (χ1n) is 11.4. The molecule has 0 aromatic heterocycles.